The lowest BCUT2D eigenvalue weighted by Crippen LogP contribution is -2.13. The molecule has 0 unspecified atom stereocenters. The average Bonchev–Trinajstić information content (AvgIpc) is 2.60. The van der Waals surface area contributed by atoms with Crippen molar-refractivity contribution in [3.05, 3.63) is 48.0 Å². The third kappa shape index (κ3) is 3.77. The number of sulfonamides is 1. The number of benzene rings is 2. The molecule has 0 amide bonds. The molecule has 2 aromatic carbocycles. The van der Waals surface area contributed by atoms with Crippen LogP contribution in [-0.2, 0) is 14.8 Å². The first-order chi connectivity index (χ1) is 11.4. The van der Waals surface area contributed by atoms with E-state index in [0.29, 0.717) is 11.5 Å². The van der Waals surface area contributed by atoms with E-state index in [4.69, 9.17) is 9.47 Å². The summed E-state index contributed by atoms with van der Waals surface area (Å²) in [5.74, 6) is 0.162. The van der Waals surface area contributed by atoms with Crippen molar-refractivity contribution < 1.29 is 27.4 Å². The van der Waals surface area contributed by atoms with E-state index < -0.39 is 16.0 Å². The molecule has 2 rings (SSSR count). The molecule has 7 nitrogen and oxygen atoms in total. The number of ether oxygens (including phenoxy) is 3. The Bertz CT molecular complexity index is 847. The molecule has 2 aromatic rings. The fourth-order valence-electron chi connectivity index (χ4n) is 2.03. The SMILES string of the molecule is COC(=O)c1cccc(NS(=O)(=O)c2ccc(OC)c(OC)c2)c1. The van der Waals surface area contributed by atoms with Crippen LogP contribution in [0.2, 0.25) is 0 Å². The van der Waals surface area contributed by atoms with Crippen LogP contribution < -0.4 is 14.2 Å². The van der Waals surface area contributed by atoms with Gasteiger partial charge in [0.05, 0.1) is 31.8 Å². The normalized spacial score (nSPS) is 10.8. The molecule has 0 aliphatic rings. The van der Waals surface area contributed by atoms with Gasteiger partial charge in [-0.1, -0.05) is 6.07 Å². The number of rotatable bonds is 6. The van der Waals surface area contributed by atoms with Gasteiger partial charge >= 0.3 is 5.97 Å². The number of carbonyl (C=O) groups excluding carboxylic acids is 1. The zero-order chi connectivity index (χ0) is 17.7. The second-order valence-electron chi connectivity index (χ2n) is 4.69. The third-order valence-electron chi connectivity index (χ3n) is 3.20. The minimum atomic E-state index is -3.86. The number of esters is 1. The molecule has 24 heavy (non-hydrogen) atoms. The molecule has 0 saturated carbocycles. The van der Waals surface area contributed by atoms with Crippen LogP contribution in [0.25, 0.3) is 0 Å². The summed E-state index contributed by atoms with van der Waals surface area (Å²) in [6.45, 7) is 0. The molecule has 0 saturated heterocycles. The monoisotopic (exact) mass is 351 g/mol. The lowest BCUT2D eigenvalue weighted by molar-refractivity contribution is 0.0601. The molecule has 0 bridgehead atoms. The Morgan fingerprint density at radius 2 is 1.67 bits per heavy atom. The zero-order valence-electron chi connectivity index (χ0n) is 13.4. The van der Waals surface area contributed by atoms with Gasteiger partial charge in [0, 0.05) is 11.8 Å². The average molecular weight is 351 g/mol. The zero-order valence-corrected chi connectivity index (χ0v) is 14.2. The Morgan fingerprint density at radius 3 is 2.29 bits per heavy atom. The number of anilines is 1. The molecule has 1 N–H and O–H groups in total. The largest absolute Gasteiger partial charge is 0.493 e. The van der Waals surface area contributed by atoms with Crippen LogP contribution in [0.15, 0.2) is 47.4 Å². The standard InChI is InChI=1S/C16H17NO6S/c1-21-14-8-7-13(10-15(14)22-2)24(19,20)17-12-6-4-5-11(9-12)16(18)23-3/h4-10,17H,1-3H3. The van der Waals surface area contributed by atoms with Gasteiger partial charge in [-0.05, 0) is 30.3 Å². The first-order valence-corrected chi connectivity index (χ1v) is 8.33. The predicted molar refractivity (Wildman–Crippen MR) is 88.1 cm³/mol. The Labute approximate surface area is 140 Å². The van der Waals surface area contributed by atoms with Crippen LogP contribution in [0.4, 0.5) is 5.69 Å². The summed E-state index contributed by atoms with van der Waals surface area (Å²) in [6.07, 6.45) is 0. The molecule has 0 fully saturated rings. The van der Waals surface area contributed by atoms with Crippen LogP contribution in [-0.4, -0.2) is 35.7 Å². The number of nitrogens with one attached hydrogen (secondary N) is 1. The molecule has 0 radical (unpaired) electrons. The van der Waals surface area contributed by atoms with Crippen molar-refractivity contribution in [2.45, 2.75) is 4.90 Å². The lowest BCUT2D eigenvalue weighted by atomic mass is 10.2. The van der Waals surface area contributed by atoms with Crippen LogP contribution in [0.1, 0.15) is 10.4 Å². The van der Waals surface area contributed by atoms with Gasteiger partial charge < -0.3 is 14.2 Å². The Balaban J connectivity index is 2.33. The molecular weight excluding hydrogens is 334 g/mol. The first-order valence-electron chi connectivity index (χ1n) is 6.84. The minimum absolute atomic E-state index is 0.00335. The van der Waals surface area contributed by atoms with E-state index in [2.05, 4.69) is 9.46 Å². The maximum absolute atomic E-state index is 12.5. The van der Waals surface area contributed by atoms with Gasteiger partial charge in [-0.2, -0.15) is 0 Å². The molecule has 0 atom stereocenters. The molecular formula is C16H17NO6S. The Morgan fingerprint density at radius 1 is 0.958 bits per heavy atom. The van der Waals surface area contributed by atoms with E-state index in [1.54, 1.807) is 6.07 Å². The fraction of sp³-hybridized carbons (Fsp3) is 0.188. The van der Waals surface area contributed by atoms with Crippen molar-refractivity contribution in [2.24, 2.45) is 0 Å². The molecule has 8 heteroatoms. The summed E-state index contributed by atoms with van der Waals surface area (Å²) in [5.41, 5.74) is 0.484. The highest BCUT2D eigenvalue weighted by atomic mass is 32.2. The highest BCUT2D eigenvalue weighted by Gasteiger charge is 2.18. The highest BCUT2D eigenvalue weighted by Crippen LogP contribution is 2.30. The summed E-state index contributed by atoms with van der Waals surface area (Å²) >= 11 is 0. The number of hydrogen-bond donors (Lipinski definition) is 1. The Kier molecular flexibility index (Phi) is 5.30. The van der Waals surface area contributed by atoms with Crippen LogP contribution >= 0.6 is 0 Å². The van der Waals surface area contributed by atoms with Crippen molar-refractivity contribution in [1.29, 1.82) is 0 Å². The van der Waals surface area contributed by atoms with Crippen molar-refractivity contribution in [3.8, 4) is 11.5 Å². The van der Waals surface area contributed by atoms with Gasteiger partial charge in [0.15, 0.2) is 11.5 Å². The number of methoxy groups -OCH3 is 3. The van der Waals surface area contributed by atoms with Crippen LogP contribution in [0.3, 0.4) is 0 Å². The van der Waals surface area contributed by atoms with Crippen molar-refractivity contribution in [3.63, 3.8) is 0 Å². The van der Waals surface area contributed by atoms with E-state index in [1.807, 2.05) is 0 Å². The summed E-state index contributed by atoms with van der Waals surface area (Å²) < 4.78 is 42.2. The van der Waals surface area contributed by atoms with Crippen LogP contribution in [0.5, 0.6) is 11.5 Å². The van der Waals surface area contributed by atoms with Crippen molar-refractivity contribution >= 4 is 21.7 Å². The van der Waals surface area contributed by atoms with Crippen LogP contribution in [0, 0.1) is 0 Å². The van der Waals surface area contributed by atoms with Gasteiger partial charge in [-0.3, -0.25) is 4.72 Å². The number of carbonyl (C=O) groups is 1. The molecule has 0 aliphatic carbocycles. The first kappa shape index (κ1) is 17.6. The van der Waals surface area contributed by atoms with Crippen molar-refractivity contribution in [1.82, 2.24) is 0 Å². The molecule has 0 spiro atoms. The van der Waals surface area contributed by atoms with E-state index in [9.17, 15) is 13.2 Å². The van der Waals surface area contributed by atoms with Gasteiger partial charge in [0.25, 0.3) is 10.0 Å². The third-order valence-corrected chi connectivity index (χ3v) is 4.58. The van der Waals surface area contributed by atoms with E-state index in [1.165, 1.54) is 57.7 Å². The highest BCUT2D eigenvalue weighted by molar-refractivity contribution is 7.92. The van der Waals surface area contributed by atoms with Crippen molar-refractivity contribution in [2.75, 3.05) is 26.1 Å². The quantitative estimate of drug-likeness (QED) is 0.803. The maximum Gasteiger partial charge on any atom is 0.337 e. The van der Waals surface area contributed by atoms with Gasteiger partial charge in [-0.25, -0.2) is 13.2 Å². The summed E-state index contributed by atoms with van der Waals surface area (Å²) in [6, 6.07) is 10.3. The fourth-order valence-corrected chi connectivity index (χ4v) is 3.09. The maximum atomic E-state index is 12.5. The van der Waals surface area contributed by atoms with E-state index in [-0.39, 0.29) is 16.1 Å². The van der Waals surface area contributed by atoms with E-state index in [0.717, 1.165) is 0 Å². The molecule has 128 valence electrons. The van der Waals surface area contributed by atoms with Gasteiger partial charge in [-0.15, -0.1) is 0 Å². The summed E-state index contributed by atoms with van der Waals surface area (Å²) in [7, 11) is 0.274. The Hall–Kier alpha value is -2.74. The number of hydrogen-bond acceptors (Lipinski definition) is 6. The summed E-state index contributed by atoms with van der Waals surface area (Å²) in [5, 5.41) is 0. The minimum Gasteiger partial charge on any atom is -0.493 e. The second kappa shape index (κ2) is 7.22. The smallest absolute Gasteiger partial charge is 0.337 e. The van der Waals surface area contributed by atoms with Gasteiger partial charge in [0.1, 0.15) is 0 Å². The second-order valence-corrected chi connectivity index (χ2v) is 6.38. The summed E-state index contributed by atoms with van der Waals surface area (Å²) in [4.78, 5) is 11.5. The van der Waals surface area contributed by atoms with Gasteiger partial charge in [0.2, 0.25) is 0 Å². The lowest BCUT2D eigenvalue weighted by Gasteiger charge is -2.12. The topological polar surface area (TPSA) is 90.9 Å². The molecule has 0 aliphatic heterocycles. The molecule has 0 heterocycles. The predicted octanol–water partition coefficient (Wildman–Crippen LogP) is 2.29. The van der Waals surface area contributed by atoms with E-state index >= 15 is 0 Å². The molecule has 0 aromatic heterocycles.